The van der Waals surface area contributed by atoms with E-state index in [1.165, 1.54) is 7.11 Å². The van der Waals surface area contributed by atoms with Crippen LogP contribution < -0.4 is 9.47 Å². The SMILES string of the molecule is COc1ccc(OC)c(C(=O)CCCO)c1. The van der Waals surface area contributed by atoms with Crippen molar-refractivity contribution in [2.24, 2.45) is 0 Å². The van der Waals surface area contributed by atoms with E-state index < -0.39 is 0 Å². The number of ether oxygens (including phenoxy) is 2. The number of carbonyl (C=O) groups excluding carboxylic acids is 1. The highest BCUT2D eigenvalue weighted by Gasteiger charge is 2.12. The second kappa shape index (κ2) is 6.12. The average molecular weight is 224 g/mol. The van der Waals surface area contributed by atoms with Crippen LogP contribution in [0.4, 0.5) is 0 Å². The molecule has 0 bridgehead atoms. The zero-order chi connectivity index (χ0) is 12.0. The van der Waals surface area contributed by atoms with Gasteiger partial charge < -0.3 is 14.6 Å². The van der Waals surface area contributed by atoms with E-state index in [9.17, 15) is 4.79 Å². The molecule has 0 aliphatic carbocycles. The topological polar surface area (TPSA) is 55.8 Å². The minimum absolute atomic E-state index is 0.0119. The molecule has 0 spiro atoms. The van der Waals surface area contributed by atoms with Gasteiger partial charge in [0, 0.05) is 13.0 Å². The lowest BCUT2D eigenvalue weighted by Gasteiger charge is -2.09. The summed E-state index contributed by atoms with van der Waals surface area (Å²) >= 11 is 0. The summed E-state index contributed by atoms with van der Waals surface area (Å²) in [6, 6.07) is 5.09. The number of aliphatic hydroxyl groups is 1. The summed E-state index contributed by atoms with van der Waals surface area (Å²) < 4.78 is 10.2. The lowest BCUT2D eigenvalue weighted by Crippen LogP contribution is -2.03. The van der Waals surface area contributed by atoms with E-state index in [0.717, 1.165) is 0 Å². The Morgan fingerprint density at radius 3 is 2.62 bits per heavy atom. The van der Waals surface area contributed by atoms with Crippen LogP contribution in [0.15, 0.2) is 18.2 Å². The summed E-state index contributed by atoms with van der Waals surface area (Å²) in [6.45, 7) is 0.0119. The van der Waals surface area contributed by atoms with E-state index in [1.807, 2.05) is 0 Å². The van der Waals surface area contributed by atoms with E-state index in [0.29, 0.717) is 29.9 Å². The van der Waals surface area contributed by atoms with Gasteiger partial charge in [-0.05, 0) is 24.6 Å². The smallest absolute Gasteiger partial charge is 0.166 e. The van der Waals surface area contributed by atoms with Gasteiger partial charge in [0.2, 0.25) is 0 Å². The number of Topliss-reactive ketones (excluding diaryl/α,β-unsaturated/α-hetero) is 1. The fourth-order valence-electron chi connectivity index (χ4n) is 1.41. The molecule has 0 aliphatic heterocycles. The van der Waals surface area contributed by atoms with E-state index in [4.69, 9.17) is 14.6 Å². The Balaban J connectivity index is 2.94. The first-order valence-corrected chi connectivity index (χ1v) is 5.09. The van der Waals surface area contributed by atoms with Crippen LogP contribution in [0, 0.1) is 0 Å². The number of ketones is 1. The summed E-state index contributed by atoms with van der Waals surface area (Å²) in [4.78, 5) is 11.8. The van der Waals surface area contributed by atoms with Crippen LogP contribution in [0.25, 0.3) is 0 Å². The molecule has 1 aromatic carbocycles. The second-order valence-electron chi connectivity index (χ2n) is 3.32. The first kappa shape index (κ1) is 12.5. The predicted octanol–water partition coefficient (Wildman–Crippen LogP) is 1.66. The molecule has 0 amide bonds. The van der Waals surface area contributed by atoms with E-state index >= 15 is 0 Å². The molecular weight excluding hydrogens is 208 g/mol. The minimum Gasteiger partial charge on any atom is -0.497 e. The molecule has 1 N–H and O–H groups in total. The van der Waals surface area contributed by atoms with Crippen molar-refractivity contribution in [1.82, 2.24) is 0 Å². The van der Waals surface area contributed by atoms with Crippen molar-refractivity contribution in [3.05, 3.63) is 23.8 Å². The Morgan fingerprint density at radius 1 is 1.31 bits per heavy atom. The first-order chi connectivity index (χ1) is 7.72. The van der Waals surface area contributed by atoms with Gasteiger partial charge >= 0.3 is 0 Å². The third-order valence-corrected chi connectivity index (χ3v) is 2.27. The summed E-state index contributed by atoms with van der Waals surface area (Å²) in [6.07, 6.45) is 0.763. The minimum atomic E-state index is -0.0511. The Bertz CT molecular complexity index is 360. The van der Waals surface area contributed by atoms with Gasteiger partial charge in [-0.3, -0.25) is 4.79 Å². The maximum absolute atomic E-state index is 11.8. The molecule has 4 nitrogen and oxygen atoms in total. The third-order valence-electron chi connectivity index (χ3n) is 2.27. The maximum Gasteiger partial charge on any atom is 0.166 e. The molecule has 88 valence electrons. The zero-order valence-corrected chi connectivity index (χ0v) is 9.53. The molecule has 0 atom stereocenters. The van der Waals surface area contributed by atoms with Crippen LogP contribution in [0.5, 0.6) is 11.5 Å². The van der Waals surface area contributed by atoms with Gasteiger partial charge in [-0.15, -0.1) is 0 Å². The van der Waals surface area contributed by atoms with Gasteiger partial charge in [0.05, 0.1) is 19.8 Å². The van der Waals surface area contributed by atoms with Crippen LogP contribution in [0.2, 0.25) is 0 Å². The number of rotatable bonds is 6. The normalized spacial score (nSPS) is 9.94. The van der Waals surface area contributed by atoms with Gasteiger partial charge in [0.15, 0.2) is 5.78 Å². The van der Waals surface area contributed by atoms with Crippen LogP contribution in [-0.4, -0.2) is 31.7 Å². The Kier molecular flexibility index (Phi) is 4.79. The average Bonchev–Trinajstić information content (AvgIpc) is 2.35. The lowest BCUT2D eigenvalue weighted by atomic mass is 10.1. The van der Waals surface area contributed by atoms with Gasteiger partial charge in [0.1, 0.15) is 11.5 Å². The number of methoxy groups -OCH3 is 2. The number of carbonyl (C=O) groups is 1. The number of benzene rings is 1. The molecule has 0 radical (unpaired) electrons. The fourth-order valence-corrected chi connectivity index (χ4v) is 1.41. The van der Waals surface area contributed by atoms with Crippen molar-refractivity contribution in [3.8, 4) is 11.5 Å². The van der Waals surface area contributed by atoms with Gasteiger partial charge in [0.25, 0.3) is 0 Å². The maximum atomic E-state index is 11.8. The summed E-state index contributed by atoms with van der Waals surface area (Å²) in [5, 5.41) is 8.68. The molecule has 0 heterocycles. The highest BCUT2D eigenvalue weighted by molar-refractivity contribution is 5.99. The summed E-state index contributed by atoms with van der Waals surface area (Å²) in [7, 11) is 3.06. The van der Waals surface area contributed by atoms with Crippen molar-refractivity contribution >= 4 is 5.78 Å². The van der Waals surface area contributed by atoms with Gasteiger partial charge in [-0.25, -0.2) is 0 Å². The van der Waals surface area contributed by atoms with Crippen LogP contribution in [0.3, 0.4) is 0 Å². The third kappa shape index (κ3) is 2.97. The number of hydrogen-bond donors (Lipinski definition) is 1. The molecule has 0 aliphatic rings. The van der Waals surface area contributed by atoms with E-state index in [-0.39, 0.29) is 12.4 Å². The van der Waals surface area contributed by atoms with Crippen LogP contribution >= 0.6 is 0 Å². The van der Waals surface area contributed by atoms with Gasteiger partial charge in [-0.2, -0.15) is 0 Å². The molecule has 4 heteroatoms. The lowest BCUT2D eigenvalue weighted by molar-refractivity contribution is 0.0968. The largest absolute Gasteiger partial charge is 0.497 e. The van der Waals surface area contributed by atoms with Crippen molar-refractivity contribution in [3.63, 3.8) is 0 Å². The van der Waals surface area contributed by atoms with Crippen LogP contribution in [0.1, 0.15) is 23.2 Å². The highest BCUT2D eigenvalue weighted by atomic mass is 16.5. The van der Waals surface area contributed by atoms with Gasteiger partial charge in [-0.1, -0.05) is 0 Å². The number of aliphatic hydroxyl groups excluding tert-OH is 1. The second-order valence-corrected chi connectivity index (χ2v) is 3.32. The quantitative estimate of drug-likeness (QED) is 0.746. The highest BCUT2D eigenvalue weighted by Crippen LogP contribution is 2.25. The molecule has 0 unspecified atom stereocenters. The molecule has 0 fully saturated rings. The van der Waals surface area contributed by atoms with E-state index in [1.54, 1.807) is 25.3 Å². The molecule has 0 aromatic heterocycles. The molecule has 1 aromatic rings. The van der Waals surface area contributed by atoms with Crippen molar-refractivity contribution in [2.75, 3.05) is 20.8 Å². The van der Waals surface area contributed by atoms with E-state index in [2.05, 4.69) is 0 Å². The van der Waals surface area contributed by atoms with Crippen molar-refractivity contribution in [1.29, 1.82) is 0 Å². The molecule has 16 heavy (non-hydrogen) atoms. The summed E-state index contributed by atoms with van der Waals surface area (Å²) in [5.74, 6) is 1.10. The fraction of sp³-hybridized carbons (Fsp3) is 0.417. The molecule has 0 saturated heterocycles. The molecular formula is C12H16O4. The van der Waals surface area contributed by atoms with Crippen molar-refractivity contribution in [2.45, 2.75) is 12.8 Å². The molecule has 0 saturated carbocycles. The predicted molar refractivity (Wildman–Crippen MR) is 60.2 cm³/mol. The zero-order valence-electron chi connectivity index (χ0n) is 9.53. The summed E-state index contributed by atoms with van der Waals surface area (Å²) in [5.41, 5.74) is 0.496. The van der Waals surface area contributed by atoms with Crippen molar-refractivity contribution < 1.29 is 19.4 Å². The standard InChI is InChI=1S/C12H16O4/c1-15-9-5-6-12(16-2)10(8-9)11(14)4-3-7-13/h5-6,8,13H,3-4,7H2,1-2H3. The van der Waals surface area contributed by atoms with Crippen LogP contribution in [-0.2, 0) is 0 Å². The monoisotopic (exact) mass is 224 g/mol. The Morgan fingerprint density at radius 2 is 2.06 bits per heavy atom. The Labute approximate surface area is 94.8 Å². The first-order valence-electron chi connectivity index (χ1n) is 5.09. The molecule has 1 rings (SSSR count). The Hall–Kier alpha value is -1.55. The number of hydrogen-bond acceptors (Lipinski definition) is 4.